The summed E-state index contributed by atoms with van der Waals surface area (Å²) in [7, 11) is 0. The van der Waals surface area contributed by atoms with E-state index in [-0.39, 0.29) is 48.6 Å². The highest BCUT2D eigenvalue weighted by Gasteiger charge is 2.50. The maximum atomic E-state index is 14.0. The number of likely N-dealkylation sites (tertiary alicyclic amines) is 1. The number of ketones is 2. The zero-order valence-corrected chi connectivity index (χ0v) is 33.3. The molecule has 0 bridgehead atoms. The first kappa shape index (κ1) is 42.4. The second-order valence-corrected chi connectivity index (χ2v) is 16.3. The number of hydrogen-bond donors (Lipinski definition) is 2. The molecule has 12 heteroatoms. The number of piperidine rings is 1. The average Bonchev–Trinajstić information content (AvgIpc) is 3.77. The van der Waals surface area contributed by atoms with Crippen molar-refractivity contribution >= 4 is 46.9 Å². The maximum Gasteiger partial charge on any atom is 0.332 e. The molecule has 3 aliphatic rings. The first-order chi connectivity index (χ1) is 26.8. The van der Waals surface area contributed by atoms with Crippen molar-refractivity contribution in [3.05, 3.63) is 66.2 Å². The molecule has 0 unspecified atom stereocenters. The third-order valence-corrected chi connectivity index (χ3v) is 12.6. The molecule has 3 atom stereocenters. The lowest BCUT2D eigenvalue weighted by Gasteiger charge is -2.46. The van der Waals surface area contributed by atoms with Gasteiger partial charge in [-0.1, -0.05) is 61.9 Å². The fourth-order valence-electron chi connectivity index (χ4n) is 7.94. The summed E-state index contributed by atoms with van der Waals surface area (Å²) in [6.45, 7) is 5.11. The van der Waals surface area contributed by atoms with E-state index in [9.17, 15) is 24.0 Å². The van der Waals surface area contributed by atoms with E-state index in [2.05, 4.69) is 27.7 Å². The number of rotatable bonds is 24. The number of benzene rings is 2. The fraction of sp³-hybridized carbons (Fsp3) is 0.605. The predicted octanol–water partition coefficient (Wildman–Crippen LogP) is 6.27. The Morgan fingerprint density at radius 3 is 2.09 bits per heavy atom. The molecule has 2 N–H and O–H groups in total. The highest BCUT2D eigenvalue weighted by molar-refractivity contribution is 8.00. The van der Waals surface area contributed by atoms with Crippen molar-refractivity contribution < 1.29 is 33.4 Å². The lowest BCUT2D eigenvalue weighted by atomic mass is 9.84. The van der Waals surface area contributed by atoms with Crippen molar-refractivity contribution in [3.8, 4) is 0 Å². The van der Waals surface area contributed by atoms with Crippen LogP contribution < -0.4 is 15.5 Å². The predicted molar refractivity (Wildman–Crippen MR) is 216 cm³/mol. The molecule has 3 saturated heterocycles. The Balaban J connectivity index is 0.955. The zero-order chi connectivity index (χ0) is 38.9. The molecular formula is C43H60N4O7S. The SMILES string of the molecule is CCC(=O)N(c1ccccc1)C1(C(=O)OCCCC(=O)CCCOCCCC(=O)CCCC[C@@H]2SC[C@@H]3NC(=O)N[C@@H]32)CCN(CCc2ccccc2)CC1. The van der Waals surface area contributed by atoms with Crippen LogP contribution in [0.15, 0.2) is 60.7 Å². The van der Waals surface area contributed by atoms with Crippen LogP contribution in [0.25, 0.3) is 0 Å². The van der Waals surface area contributed by atoms with Gasteiger partial charge in [0.1, 0.15) is 17.1 Å². The Morgan fingerprint density at radius 2 is 1.44 bits per heavy atom. The van der Waals surface area contributed by atoms with Crippen molar-refractivity contribution in [1.82, 2.24) is 15.5 Å². The molecule has 55 heavy (non-hydrogen) atoms. The summed E-state index contributed by atoms with van der Waals surface area (Å²) in [5.74, 6) is 0.787. The van der Waals surface area contributed by atoms with Gasteiger partial charge in [-0.3, -0.25) is 19.3 Å². The minimum Gasteiger partial charge on any atom is -0.464 e. The number of nitrogens with zero attached hydrogens (tertiary/aromatic N) is 2. The van der Waals surface area contributed by atoms with Gasteiger partial charge in [0.25, 0.3) is 0 Å². The van der Waals surface area contributed by atoms with Crippen LogP contribution in [0.3, 0.4) is 0 Å². The fourth-order valence-corrected chi connectivity index (χ4v) is 9.48. The quantitative estimate of drug-likeness (QED) is 0.0719. The molecule has 2 aromatic carbocycles. The van der Waals surface area contributed by atoms with E-state index in [1.165, 1.54) is 5.56 Å². The van der Waals surface area contributed by atoms with Gasteiger partial charge in [0.15, 0.2) is 0 Å². The van der Waals surface area contributed by atoms with Crippen LogP contribution in [-0.4, -0.2) is 102 Å². The van der Waals surface area contributed by atoms with E-state index in [1.54, 1.807) is 4.90 Å². The monoisotopic (exact) mass is 776 g/mol. The van der Waals surface area contributed by atoms with Gasteiger partial charge in [-0.15, -0.1) is 0 Å². The molecule has 0 spiro atoms. The number of nitrogens with one attached hydrogen (secondary N) is 2. The van der Waals surface area contributed by atoms with Crippen LogP contribution in [0.2, 0.25) is 0 Å². The maximum absolute atomic E-state index is 14.0. The van der Waals surface area contributed by atoms with Crippen molar-refractivity contribution in [3.63, 3.8) is 0 Å². The minimum atomic E-state index is -1.11. The lowest BCUT2D eigenvalue weighted by Crippen LogP contribution is -2.63. The van der Waals surface area contributed by atoms with Gasteiger partial charge in [0.05, 0.1) is 18.7 Å². The van der Waals surface area contributed by atoms with Crippen molar-refractivity contribution in [1.29, 1.82) is 0 Å². The molecule has 2 aromatic rings. The van der Waals surface area contributed by atoms with Crippen LogP contribution in [0.5, 0.6) is 0 Å². The van der Waals surface area contributed by atoms with E-state index < -0.39 is 11.5 Å². The Hall–Kier alpha value is -3.74. The number of unbranched alkanes of at least 4 members (excludes halogenated alkanes) is 1. The number of urea groups is 1. The summed E-state index contributed by atoms with van der Waals surface area (Å²) < 4.78 is 11.6. The van der Waals surface area contributed by atoms with Gasteiger partial charge in [0, 0.05) is 81.6 Å². The molecule has 0 aliphatic carbocycles. The molecule has 3 aliphatic heterocycles. The first-order valence-electron chi connectivity index (χ1n) is 20.4. The van der Waals surface area contributed by atoms with Gasteiger partial charge in [-0.05, 0) is 69.1 Å². The summed E-state index contributed by atoms with van der Waals surface area (Å²) in [4.78, 5) is 68.0. The molecule has 3 amide bonds. The molecule has 0 aromatic heterocycles. The number of carbonyl (C=O) groups is 5. The summed E-state index contributed by atoms with van der Waals surface area (Å²) in [6.07, 6.45) is 8.49. The molecule has 5 rings (SSSR count). The zero-order valence-electron chi connectivity index (χ0n) is 32.5. The van der Waals surface area contributed by atoms with Crippen LogP contribution >= 0.6 is 11.8 Å². The number of ether oxygens (including phenoxy) is 2. The largest absolute Gasteiger partial charge is 0.464 e. The van der Waals surface area contributed by atoms with Gasteiger partial charge < -0.3 is 25.0 Å². The average molecular weight is 777 g/mol. The Bertz CT molecular complexity index is 1540. The van der Waals surface area contributed by atoms with Gasteiger partial charge in [-0.2, -0.15) is 11.8 Å². The Morgan fingerprint density at radius 1 is 0.818 bits per heavy atom. The molecular weight excluding hydrogens is 717 g/mol. The number of fused-ring (bicyclic) bond motifs is 1. The molecule has 300 valence electrons. The number of Topliss-reactive ketones (excluding diaryl/α,β-unsaturated/α-hetero) is 2. The summed E-state index contributed by atoms with van der Waals surface area (Å²) in [6, 6.07) is 20.1. The Kier molecular flexibility index (Phi) is 17.1. The van der Waals surface area contributed by atoms with Gasteiger partial charge in [-0.25, -0.2) is 9.59 Å². The number of anilines is 1. The molecule has 0 radical (unpaired) electrons. The molecule has 11 nitrogen and oxygen atoms in total. The van der Waals surface area contributed by atoms with Crippen molar-refractivity contribution in [2.24, 2.45) is 0 Å². The third-order valence-electron chi connectivity index (χ3n) is 11.1. The number of para-hydroxylation sites is 1. The number of carbonyl (C=O) groups excluding carboxylic acids is 5. The Labute approximate surface area is 331 Å². The highest BCUT2D eigenvalue weighted by atomic mass is 32.2. The second kappa shape index (κ2) is 22.1. The normalized spacial score (nSPS) is 20.3. The van der Waals surface area contributed by atoms with E-state index in [4.69, 9.17) is 9.47 Å². The highest BCUT2D eigenvalue weighted by Crippen LogP contribution is 2.36. The van der Waals surface area contributed by atoms with E-state index >= 15 is 0 Å². The number of thioether (sulfide) groups is 1. The summed E-state index contributed by atoms with van der Waals surface area (Å²) >= 11 is 1.90. The molecule has 3 heterocycles. The molecule has 0 saturated carbocycles. The lowest BCUT2D eigenvalue weighted by molar-refractivity contribution is -0.154. The standard InChI is InChI=1S/C43H60N4O7S/c1-2-39(50)47(34-16-7-4-8-17-34)43(24-27-46(28-25-43)26-23-33-14-5-3-6-15-33)41(51)54-31-13-21-36(49)20-12-30-53-29-11-19-35(48)18-9-10-22-38-40-37(32-55-38)44-42(52)45-40/h3-8,14-17,37-38,40H,2,9-13,18-32H2,1H3,(H2,44,45,52)/t37-,38-,40-/m0/s1. The van der Waals surface area contributed by atoms with Crippen molar-refractivity contribution in [2.45, 2.75) is 120 Å². The smallest absolute Gasteiger partial charge is 0.332 e. The molecule has 3 fully saturated rings. The first-order valence-corrected chi connectivity index (χ1v) is 21.5. The van der Waals surface area contributed by atoms with Crippen molar-refractivity contribution in [2.75, 3.05) is 50.1 Å². The van der Waals surface area contributed by atoms with Crippen LogP contribution in [0.4, 0.5) is 10.5 Å². The second-order valence-electron chi connectivity index (χ2n) is 15.0. The van der Waals surface area contributed by atoms with Gasteiger partial charge >= 0.3 is 12.0 Å². The van der Waals surface area contributed by atoms with E-state index in [1.807, 2.05) is 67.2 Å². The van der Waals surface area contributed by atoms with Crippen LogP contribution in [0, 0.1) is 0 Å². The summed E-state index contributed by atoms with van der Waals surface area (Å²) in [5.41, 5.74) is 0.847. The number of hydrogen-bond acceptors (Lipinski definition) is 9. The number of amides is 3. The summed E-state index contributed by atoms with van der Waals surface area (Å²) in [5, 5.41) is 6.41. The van der Waals surface area contributed by atoms with E-state index in [0.29, 0.717) is 95.0 Å². The van der Waals surface area contributed by atoms with E-state index in [0.717, 1.165) is 38.0 Å². The third kappa shape index (κ3) is 12.6. The number of esters is 1. The van der Waals surface area contributed by atoms with Gasteiger partial charge in [0.2, 0.25) is 5.91 Å². The minimum absolute atomic E-state index is 0.0653. The topological polar surface area (TPSA) is 134 Å². The van der Waals surface area contributed by atoms with Crippen LogP contribution in [-0.2, 0) is 35.1 Å². The van der Waals surface area contributed by atoms with Crippen LogP contribution in [0.1, 0.15) is 96.0 Å².